The Kier molecular flexibility index (Phi) is 9.86. The van der Waals surface area contributed by atoms with E-state index in [9.17, 15) is 18.8 Å². The molecule has 4 aliphatic rings. The first-order valence-corrected chi connectivity index (χ1v) is 16.7. The third-order valence-electron chi connectivity index (χ3n) is 10.6. The minimum Gasteiger partial charge on any atom is -0.457 e. The molecule has 2 saturated heterocycles. The monoisotopic (exact) mass is 611 g/mol. The molecular formula is C34H46FN3O6. The van der Waals surface area contributed by atoms with Crippen LogP contribution < -0.4 is 11.1 Å². The number of rotatable bonds is 9. The Morgan fingerprint density at radius 1 is 1.00 bits per heavy atom. The van der Waals surface area contributed by atoms with Crippen LogP contribution in [0.25, 0.3) is 11.0 Å². The third-order valence-corrected chi connectivity index (χ3v) is 10.6. The van der Waals surface area contributed by atoms with Crippen molar-refractivity contribution in [3.63, 3.8) is 0 Å². The van der Waals surface area contributed by atoms with Gasteiger partial charge in [0.15, 0.2) is 0 Å². The number of esters is 1. The number of benzene rings is 1. The van der Waals surface area contributed by atoms with Gasteiger partial charge in [-0.15, -0.1) is 0 Å². The van der Waals surface area contributed by atoms with E-state index in [1.54, 1.807) is 24.3 Å². The molecule has 6 rings (SSSR count). The number of ether oxygens (including phenoxy) is 2. The summed E-state index contributed by atoms with van der Waals surface area (Å²) in [5.41, 5.74) is 7.07. The number of furan rings is 1. The van der Waals surface area contributed by atoms with Gasteiger partial charge in [0.05, 0.1) is 6.10 Å². The number of carbonyl (C=O) groups excluding carboxylic acids is 3. The second-order valence-corrected chi connectivity index (χ2v) is 13.3. The fourth-order valence-corrected chi connectivity index (χ4v) is 8.06. The van der Waals surface area contributed by atoms with Gasteiger partial charge < -0.3 is 29.8 Å². The predicted molar refractivity (Wildman–Crippen MR) is 164 cm³/mol. The molecule has 2 saturated carbocycles. The Balaban J connectivity index is 1.15. The summed E-state index contributed by atoms with van der Waals surface area (Å²) in [5, 5.41) is 3.78. The maximum Gasteiger partial charge on any atom is 0.374 e. The average molecular weight is 612 g/mol. The number of nitrogens with zero attached hydrogens (tertiary/aromatic N) is 1. The number of fused-ring (bicyclic) bond motifs is 1. The molecule has 9 nitrogen and oxygen atoms in total. The molecule has 0 bridgehead atoms. The second-order valence-electron chi connectivity index (χ2n) is 13.3. The molecule has 0 radical (unpaired) electrons. The summed E-state index contributed by atoms with van der Waals surface area (Å²) in [4.78, 5) is 42.4. The van der Waals surface area contributed by atoms with Gasteiger partial charge in [0.25, 0.3) is 0 Å². The van der Waals surface area contributed by atoms with Crippen molar-refractivity contribution in [2.45, 2.75) is 95.2 Å². The minimum atomic E-state index is -0.543. The van der Waals surface area contributed by atoms with Crippen LogP contribution >= 0.6 is 0 Å². The minimum absolute atomic E-state index is 0.0483. The highest BCUT2D eigenvalue weighted by molar-refractivity contribution is 6.00. The first-order chi connectivity index (χ1) is 21.4. The number of halogens is 1. The highest BCUT2D eigenvalue weighted by Crippen LogP contribution is 2.41. The van der Waals surface area contributed by atoms with Crippen LogP contribution in [0.2, 0.25) is 0 Å². The largest absolute Gasteiger partial charge is 0.457 e. The molecule has 2 aliphatic carbocycles. The number of nitrogens with one attached hydrogen (secondary N) is 1. The molecule has 240 valence electrons. The van der Waals surface area contributed by atoms with Crippen molar-refractivity contribution >= 4 is 34.4 Å². The second kappa shape index (κ2) is 14.0. The van der Waals surface area contributed by atoms with Gasteiger partial charge in [-0.05, 0) is 87.0 Å². The predicted octanol–water partition coefficient (Wildman–Crippen LogP) is 5.61. The molecule has 2 aliphatic heterocycles. The lowest BCUT2D eigenvalue weighted by molar-refractivity contribution is -0.142. The lowest BCUT2D eigenvalue weighted by Crippen LogP contribution is -2.50. The fourth-order valence-electron chi connectivity index (χ4n) is 8.06. The number of likely N-dealkylation sites (tertiary alicyclic amines) is 1. The van der Waals surface area contributed by atoms with Gasteiger partial charge in [-0.25, -0.2) is 9.18 Å². The summed E-state index contributed by atoms with van der Waals surface area (Å²) in [6.07, 6.45) is 11.2. The van der Waals surface area contributed by atoms with Crippen LogP contribution in [0.15, 0.2) is 28.7 Å². The summed E-state index contributed by atoms with van der Waals surface area (Å²) >= 11 is 0. The van der Waals surface area contributed by atoms with Crippen molar-refractivity contribution in [3.8, 4) is 0 Å². The number of nitrogens with two attached hydrogens (primary N) is 1. The molecule has 4 atom stereocenters. The summed E-state index contributed by atoms with van der Waals surface area (Å²) in [5.74, 6) is -0.0521. The van der Waals surface area contributed by atoms with Gasteiger partial charge >= 0.3 is 5.97 Å². The molecule has 0 unspecified atom stereocenters. The number of alkyl halides is 1. The van der Waals surface area contributed by atoms with E-state index in [1.807, 2.05) is 4.90 Å². The number of amides is 2. The molecule has 1 aromatic heterocycles. The van der Waals surface area contributed by atoms with Crippen LogP contribution in [0, 0.1) is 23.7 Å². The zero-order chi connectivity index (χ0) is 30.6. The van der Waals surface area contributed by atoms with E-state index in [1.165, 1.54) is 6.42 Å². The Hall–Kier alpha value is -2.98. The molecule has 4 fully saturated rings. The van der Waals surface area contributed by atoms with Crippen molar-refractivity contribution in [2.24, 2.45) is 29.4 Å². The Labute approximate surface area is 258 Å². The summed E-state index contributed by atoms with van der Waals surface area (Å²) in [6, 6.07) is 5.92. The van der Waals surface area contributed by atoms with Crippen LogP contribution in [0.5, 0.6) is 0 Å². The number of hydrogen-bond acceptors (Lipinski definition) is 7. The molecule has 2 aromatic rings. The van der Waals surface area contributed by atoms with Gasteiger partial charge in [-0.1, -0.05) is 32.1 Å². The SMILES string of the molecule is N[C@H](CF)C1CCC(C(=O)N2CC[C@@H](C3CCCCC3)[C@H]2C(=O)Nc2ccc3oc(C(=O)OC[C@@H]4CCCO4)cc3c2)CC1. The Bertz CT molecular complexity index is 1310. The van der Waals surface area contributed by atoms with Crippen LogP contribution in [-0.4, -0.2) is 67.3 Å². The first-order valence-electron chi connectivity index (χ1n) is 16.7. The van der Waals surface area contributed by atoms with E-state index in [0.717, 1.165) is 57.8 Å². The lowest BCUT2D eigenvalue weighted by atomic mass is 9.76. The van der Waals surface area contributed by atoms with Crippen molar-refractivity contribution in [1.29, 1.82) is 0 Å². The van der Waals surface area contributed by atoms with E-state index in [4.69, 9.17) is 19.6 Å². The van der Waals surface area contributed by atoms with Gasteiger partial charge in [-0.3, -0.25) is 9.59 Å². The number of anilines is 1. The third kappa shape index (κ3) is 6.81. The van der Waals surface area contributed by atoms with Crippen molar-refractivity contribution < 1.29 is 32.7 Å². The molecule has 0 spiro atoms. The van der Waals surface area contributed by atoms with Crippen molar-refractivity contribution in [1.82, 2.24) is 4.90 Å². The van der Waals surface area contributed by atoms with Gasteiger partial charge in [0.1, 0.15) is 24.9 Å². The molecule has 3 heterocycles. The smallest absolute Gasteiger partial charge is 0.374 e. The quantitative estimate of drug-likeness (QED) is 0.354. The van der Waals surface area contributed by atoms with E-state index in [-0.39, 0.29) is 48.0 Å². The van der Waals surface area contributed by atoms with Crippen molar-refractivity contribution in [3.05, 3.63) is 30.0 Å². The van der Waals surface area contributed by atoms with Gasteiger partial charge in [-0.2, -0.15) is 0 Å². The van der Waals surface area contributed by atoms with Gasteiger partial charge in [0.2, 0.25) is 17.6 Å². The number of carbonyl (C=O) groups is 3. The van der Waals surface area contributed by atoms with E-state index < -0.39 is 24.7 Å². The summed E-state index contributed by atoms with van der Waals surface area (Å²) < 4.78 is 29.8. The maximum absolute atomic E-state index is 14.0. The van der Waals surface area contributed by atoms with E-state index >= 15 is 0 Å². The number of hydrogen-bond donors (Lipinski definition) is 2. The van der Waals surface area contributed by atoms with Gasteiger partial charge in [0, 0.05) is 36.2 Å². The summed E-state index contributed by atoms with van der Waals surface area (Å²) in [6.45, 7) is 0.933. The molecule has 1 aromatic carbocycles. The van der Waals surface area contributed by atoms with Crippen molar-refractivity contribution in [2.75, 3.05) is 31.7 Å². The molecule has 10 heteroatoms. The van der Waals surface area contributed by atoms with Crippen LogP contribution in [0.1, 0.15) is 87.6 Å². The molecule has 44 heavy (non-hydrogen) atoms. The maximum atomic E-state index is 14.0. The standard InChI is InChI=1S/C34H46FN3O6/c35-19-28(36)22-8-10-23(11-9-22)33(40)38-15-14-27(21-5-2-1-3-6-21)31(38)32(39)37-25-12-13-29-24(17-25)18-30(44-29)34(41)43-20-26-7-4-16-42-26/h12-13,17-18,21-23,26-28,31H,1-11,14-16,19-20,36H2,(H,37,39)/t22?,23?,26-,27-,28+,31-/m0/s1. The fraction of sp³-hybridized carbons (Fsp3) is 0.676. The lowest BCUT2D eigenvalue weighted by Gasteiger charge is -2.36. The van der Waals surface area contributed by atoms with Crippen LogP contribution in [0.4, 0.5) is 10.1 Å². The Morgan fingerprint density at radius 2 is 1.80 bits per heavy atom. The first kappa shape index (κ1) is 31.0. The highest BCUT2D eigenvalue weighted by Gasteiger charge is 2.47. The Morgan fingerprint density at radius 3 is 2.52 bits per heavy atom. The van der Waals surface area contributed by atoms with E-state index in [0.29, 0.717) is 48.6 Å². The molecule has 2 amide bonds. The zero-order valence-electron chi connectivity index (χ0n) is 25.5. The summed E-state index contributed by atoms with van der Waals surface area (Å²) in [7, 11) is 0. The highest BCUT2D eigenvalue weighted by atomic mass is 19.1. The van der Waals surface area contributed by atoms with E-state index in [2.05, 4.69) is 5.32 Å². The van der Waals surface area contributed by atoms with Crippen LogP contribution in [0.3, 0.4) is 0 Å². The topological polar surface area (TPSA) is 124 Å². The molecular weight excluding hydrogens is 565 g/mol. The van der Waals surface area contributed by atoms with Crippen LogP contribution in [-0.2, 0) is 19.1 Å². The molecule has 3 N–H and O–H groups in total. The zero-order valence-corrected chi connectivity index (χ0v) is 25.5. The average Bonchev–Trinajstić information content (AvgIpc) is 3.83. The normalized spacial score (nSPS) is 28.7.